The molecule has 0 aliphatic rings. The Kier molecular flexibility index (Phi) is 3.32. The fraction of sp³-hybridized carbons (Fsp3) is 0.188. The van der Waals surface area contributed by atoms with E-state index >= 15 is 0 Å². The average molecular weight is 268 g/mol. The predicted octanol–water partition coefficient (Wildman–Crippen LogP) is 3.85. The van der Waals surface area contributed by atoms with E-state index in [0.717, 1.165) is 17.5 Å². The second-order valence-corrected chi connectivity index (χ2v) is 5.77. The van der Waals surface area contributed by atoms with Crippen LogP contribution in [0.3, 0.4) is 0 Å². The molecule has 3 aromatic rings. The molecule has 3 heteroatoms. The normalized spacial score (nSPS) is 12.7. The highest BCUT2D eigenvalue weighted by molar-refractivity contribution is 7.17. The van der Waals surface area contributed by atoms with Gasteiger partial charge in [0.05, 0.1) is 0 Å². The third kappa shape index (κ3) is 2.53. The molecule has 0 aliphatic carbocycles. The molecule has 0 fully saturated rings. The summed E-state index contributed by atoms with van der Waals surface area (Å²) in [6.45, 7) is 2.04. The van der Waals surface area contributed by atoms with E-state index in [0.29, 0.717) is 0 Å². The molecule has 19 heavy (non-hydrogen) atoms. The Morgan fingerprint density at radius 3 is 2.95 bits per heavy atom. The second-order valence-electron chi connectivity index (χ2n) is 4.86. The molecule has 3 rings (SSSR count). The Balaban J connectivity index is 1.89. The highest BCUT2D eigenvalue weighted by atomic mass is 32.1. The van der Waals surface area contributed by atoms with Gasteiger partial charge in [0.2, 0.25) is 0 Å². The maximum absolute atomic E-state index is 6.31. The number of aryl methyl sites for hydroxylation is 1. The van der Waals surface area contributed by atoms with Crippen molar-refractivity contribution in [1.82, 2.24) is 4.98 Å². The van der Waals surface area contributed by atoms with Crippen LogP contribution < -0.4 is 5.73 Å². The van der Waals surface area contributed by atoms with Crippen LogP contribution in [0.2, 0.25) is 0 Å². The number of hydrogen-bond acceptors (Lipinski definition) is 3. The monoisotopic (exact) mass is 268 g/mol. The van der Waals surface area contributed by atoms with Gasteiger partial charge in [-0.05, 0) is 46.9 Å². The van der Waals surface area contributed by atoms with Crippen LogP contribution in [0.4, 0.5) is 0 Å². The first-order valence-corrected chi connectivity index (χ1v) is 7.24. The lowest BCUT2D eigenvalue weighted by molar-refractivity contribution is 0.721. The van der Waals surface area contributed by atoms with Crippen molar-refractivity contribution in [3.05, 3.63) is 64.8 Å². The number of benzene rings is 1. The minimum absolute atomic E-state index is 0.00501. The first-order chi connectivity index (χ1) is 9.24. The molecule has 2 N–H and O–H groups in total. The largest absolute Gasteiger partial charge is 0.324 e. The lowest BCUT2D eigenvalue weighted by Gasteiger charge is -2.11. The molecular weight excluding hydrogens is 252 g/mol. The number of pyridine rings is 1. The number of thiophene rings is 1. The molecule has 0 bridgehead atoms. The van der Waals surface area contributed by atoms with Gasteiger partial charge >= 0.3 is 0 Å². The Labute approximate surface area is 116 Å². The fourth-order valence-electron chi connectivity index (χ4n) is 2.33. The Morgan fingerprint density at radius 1 is 1.26 bits per heavy atom. The van der Waals surface area contributed by atoms with Gasteiger partial charge in [0.15, 0.2) is 0 Å². The molecule has 2 heterocycles. The maximum atomic E-state index is 6.31. The van der Waals surface area contributed by atoms with Crippen LogP contribution in [0.25, 0.3) is 10.1 Å². The summed E-state index contributed by atoms with van der Waals surface area (Å²) in [6.07, 6.45) is 4.58. The van der Waals surface area contributed by atoms with E-state index in [-0.39, 0.29) is 6.04 Å². The Bertz CT molecular complexity index is 703. The Hall–Kier alpha value is -1.71. The molecule has 0 radical (unpaired) electrons. The van der Waals surface area contributed by atoms with Crippen molar-refractivity contribution >= 4 is 21.4 Å². The number of rotatable bonds is 3. The molecular formula is C16H16N2S. The Morgan fingerprint density at radius 2 is 2.11 bits per heavy atom. The van der Waals surface area contributed by atoms with Crippen LogP contribution in [0.15, 0.2) is 48.1 Å². The molecule has 0 aliphatic heterocycles. The van der Waals surface area contributed by atoms with Crippen molar-refractivity contribution < 1.29 is 0 Å². The topological polar surface area (TPSA) is 38.9 Å². The number of hydrogen-bond donors (Lipinski definition) is 1. The van der Waals surface area contributed by atoms with Gasteiger partial charge in [-0.1, -0.05) is 24.3 Å². The van der Waals surface area contributed by atoms with Crippen molar-refractivity contribution in [2.75, 3.05) is 0 Å². The number of nitrogens with two attached hydrogens (primary N) is 1. The van der Waals surface area contributed by atoms with Crippen LogP contribution >= 0.6 is 11.3 Å². The summed E-state index contributed by atoms with van der Waals surface area (Å²) in [5.41, 5.74) is 9.90. The molecule has 2 nitrogen and oxygen atoms in total. The summed E-state index contributed by atoms with van der Waals surface area (Å²) in [7, 11) is 0. The van der Waals surface area contributed by atoms with Crippen LogP contribution in [-0.4, -0.2) is 4.98 Å². The number of nitrogens with zero attached hydrogens (tertiary/aromatic N) is 1. The van der Waals surface area contributed by atoms with E-state index in [1.54, 1.807) is 11.3 Å². The van der Waals surface area contributed by atoms with Crippen molar-refractivity contribution in [3.8, 4) is 0 Å². The standard InChI is InChI=1S/C16H16N2S/c1-11-6-12(9-18-8-11)15(17)7-13-10-19-16-5-3-2-4-14(13)16/h2-6,8-10,15H,7,17H2,1H3. The van der Waals surface area contributed by atoms with Crippen LogP contribution in [0.1, 0.15) is 22.7 Å². The molecule has 1 unspecified atom stereocenters. The molecule has 96 valence electrons. The molecule has 0 saturated carbocycles. The molecule has 2 aromatic heterocycles. The van der Waals surface area contributed by atoms with Crippen molar-refractivity contribution in [2.45, 2.75) is 19.4 Å². The third-order valence-corrected chi connectivity index (χ3v) is 4.34. The zero-order chi connectivity index (χ0) is 13.2. The van der Waals surface area contributed by atoms with E-state index < -0.39 is 0 Å². The van der Waals surface area contributed by atoms with Gasteiger partial charge < -0.3 is 5.73 Å². The number of aromatic nitrogens is 1. The summed E-state index contributed by atoms with van der Waals surface area (Å²) in [6, 6.07) is 10.6. The zero-order valence-corrected chi connectivity index (χ0v) is 11.7. The average Bonchev–Trinajstić information content (AvgIpc) is 2.82. The smallest absolute Gasteiger partial charge is 0.0351 e. The van der Waals surface area contributed by atoms with Gasteiger partial charge in [0, 0.05) is 23.1 Å². The zero-order valence-electron chi connectivity index (χ0n) is 10.8. The van der Waals surface area contributed by atoms with Gasteiger partial charge in [-0.2, -0.15) is 0 Å². The summed E-state index contributed by atoms with van der Waals surface area (Å²) in [5.74, 6) is 0. The van der Waals surface area contributed by atoms with Gasteiger partial charge in [-0.15, -0.1) is 11.3 Å². The number of fused-ring (bicyclic) bond motifs is 1. The van der Waals surface area contributed by atoms with Gasteiger partial charge in [0.1, 0.15) is 0 Å². The molecule has 1 atom stereocenters. The third-order valence-electron chi connectivity index (χ3n) is 3.33. The quantitative estimate of drug-likeness (QED) is 0.783. The SMILES string of the molecule is Cc1cncc(C(N)Cc2csc3ccccc23)c1. The van der Waals surface area contributed by atoms with Gasteiger partial charge in [0.25, 0.3) is 0 Å². The second kappa shape index (κ2) is 5.11. The van der Waals surface area contributed by atoms with E-state index in [2.05, 4.69) is 40.7 Å². The predicted molar refractivity (Wildman–Crippen MR) is 81.4 cm³/mol. The summed E-state index contributed by atoms with van der Waals surface area (Å²) in [5, 5.41) is 3.54. The lowest BCUT2D eigenvalue weighted by Crippen LogP contribution is -2.13. The van der Waals surface area contributed by atoms with E-state index in [9.17, 15) is 0 Å². The van der Waals surface area contributed by atoms with Crippen LogP contribution in [0.5, 0.6) is 0 Å². The molecule has 0 saturated heterocycles. The van der Waals surface area contributed by atoms with Crippen molar-refractivity contribution in [3.63, 3.8) is 0 Å². The van der Waals surface area contributed by atoms with Crippen molar-refractivity contribution in [2.24, 2.45) is 5.73 Å². The van der Waals surface area contributed by atoms with Gasteiger partial charge in [-0.25, -0.2) is 0 Å². The molecule has 0 amide bonds. The van der Waals surface area contributed by atoms with E-state index in [4.69, 9.17) is 5.73 Å². The van der Waals surface area contributed by atoms with Crippen molar-refractivity contribution in [1.29, 1.82) is 0 Å². The molecule has 0 spiro atoms. The van der Waals surface area contributed by atoms with E-state index in [1.165, 1.54) is 15.6 Å². The minimum Gasteiger partial charge on any atom is -0.324 e. The highest BCUT2D eigenvalue weighted by Gasteiger charge is 2.11. The first kappa shape index (κ1) is 12.3. The first-order valence-electron chi connectivity index (χ1n) is 6.36. The summed E-state index contributed by atoms with van der Waals surface area (Å²) >= 11 is 1.78. The van der Waals surface area contributed by atoms with E-state index in [1.807, 2.05) is 19.3 Å². The van der Waals surface area contributed by atoms with Gasteiger partial charge in [-0.3, -0.25) is 4.98 Å². The molecule has 1 aromatic carbocycles. The van der Waals surface area contributed by atoms with Crippen LogP contribution in [0, 0.1) is 6.92 Å². The fourth-order valence-corrected chi connectivity index (χ4v) is 3.30. The summed E-state index contributed by atoms with van der Waals surface area (Å²) < 4.78 is 1.33. The lowest BCUT2D eigenvalue weighted by atomic mass is 10.00. The maximum Gasteiger partial charge on any atom is 0.0351 e. The minimum atomic E-state index is 0.00501. The highest BCUT2D eigenvalue weighted by Crippen LogP contribution is 2.28. The van der Waals surface area contributed by atoms with Crippen LogP contribution in [-0.2, 0) is 6.42 Å². The summed E-state index contributed by atoms with van der Waals surface area (Å²) in [4.78, 5) is 4.22.